The number of nitrogens with one attached hydrogen (secondary N) is 1. The Balaban J connectivity index is 1.30. The van der Waals surface area contributed by atoms with E-state index in [1.54, 1.807) is 4.90 Å². The molecule has 4 aromatic rings. The molecule has 8 heteroatoms. The summed E-state index contributed by atoms with van der Waals surface area (Å²) in [6.45, 7) is 5.59. The molecule has 2 N–H and O–H groups in total. The highest BCUT2D eigenvalue weighted by molar-refractivity contribution is 5.92. The second-order valence-corrected chi connectivity index (χ2v) is 12.2. The van der Waals surface area contributed by atoms with Gasteiger partial charge in [-0.25, -0.2) is 0 Å². The summed E-state index contributed by atoms with van der Waals surface area (Å²) in [6, 6.07) is 32.5. The third-order valence-electron chi connectivity index (χ3n) is 8.25. The number of carbonyl (C=O) groups is 2. The molecule has 4 aromatic carbocycles. The van der Waals surface area contributed by atoms with Crippen LogP contribution in [-0.2, 0) is 29.0 Å². The summed E-state index contributed by atoms with van der Waals surface area (Å²) in [4.78, 5) is 30.3. The number of ether oxygens (including phenoxy) is 2. The summed E-state index contributed by atoms with van der Waals surface area (Å²) in [7, 11) is 2.06. The number of carbonyl (C=O) groups excluding carboxylic acids is 2. The lowest BCUT2D eigenvalue weighted by molar-refractivity contribution is -0.134. The van der Waals surface area contributed by atoms with Gasteiger partial charge in [-0.3, -0.25) is 14.5 Å². The van der Waals surface area contributed by atoms with E-state index in [2.05, 4.69) is 36.3 Å². The van der Waals surface area contributed by atoms with Gasteiger partial charge >= 0.3 is 0 Å². The number of hydrogen-bond acceptors (Lipinski definition) is 6. The highest BCUT2D eigenvalue weighted by atomic mass is 16.5. The average molecular weight is 622 g/mol. The molecule has 2 amide bonds. The minimum atomic E-state index is -0.333. The minimum absolute atomic E-state index is 0.0155. The number of benzene rings is 4. The third-order valence-corrected chi connectivity index (χ3v) is 8.25. The first-order valence-corrected chi connectivity index (χ1v) is 15.8. The van der Waals surface area contributed by atoms with Crippen molar-refractivity contribution in [3.05, 3.63) is 120 Å². The van der Waals surface area contributed by atoms with Gasteiger partial charge in [-0.2, -0.15) is 0 Å². The zero-order valence-corrected chi connectivity index (χ0v) is 26.8. The lowest BCUT2D eigenvalue weighted by Gasteiger charge is -2.34. The summed E-state index contributed by atoms with van der Waals surface area (Å²) < 4.78 is 12.6. The molecular formula is C38H43N3O5. The van der Waals surface area contributed by atoms with E-state index >= 15 is 0 Å². The molecule has 3 atom stereocenters. The molecule has 46 heavy (non-hydrogen) atoms. The molecule has 0 saturated carbocycles. The van der Waals surface area contributed by atoms with E-state index in [4.69, 9.17) is 9.47 Å². The number of nitrogens with zero attached hydrogens (tertiary/aromatic N) is 2. The maximum Gasteiger partial charge on any atom is 0.228 e. The summed E-state index contributed by atoms with van der Waals surface area (Å²) in [6.07, 6.45) is 0.126. The fourth-order valence-corrected chi connectivity index (χ4v) is 5.68. The molecule has 5 rings (SSSR count). The van der Waals surface area contributed by atoms with Crippen molar-refractivity contribution >= 4 is 17.5 Å². The van der Waals surface area contributed by atoms with E-state index in [1.165, 1.54) is 0 Å². The zero-order chi connectivity index (χ0) is 32.5. The van der Waals surface area contributed by atoms with E-state index in [1.807, 2.05) is 97.9 Å². The minimum Gasteiger partial charge on any atom is -0.488 e. The van der Waals surface area contributed by atoms with Crippen LogP contribution in [0.1, 0.15) is 30.5 Å². The fraction of sp³-hybridized carbons (Fsp3) is 0.316. The lowest BCUT2D eigenvalue weighted by Crippen LogP contribution is -2.47. The van der Waals surface area contributed by atoms with Crippen LogP contribution in [0.2, 0.25) is 0 Å². The molecular weight excluding hydrogens is 578 g/mol. The van der Waals surface area contributed by atoms with Gasteiger partial charge in [0.15, 0.2) is 0 Å². The van der Waals surface area contributed by atoms with Gasteiger partial charge in [-0.15, -0.1) is 0 Å². The van der Waals surface area contributed by atoms with Crippen LogP contribution in [0.3, 0.4) is 0 Å². The van der Waals surface area contributed by atoms with Crippen LogP contribution in [-0.4, -0.2) is 65.6 Å². The van der Waals surface area contributed by atoms with Crippen LogP contribution in [0.15, 0.2) is 103 Å². The van der Waals surface area contributed by atoms with Crippen molar-refractivity contribution in [2.24, 2.45) is 5.92 Å². The monoisotopic (exact) mass is 621 g/mol. The van der Waals surface area contributed by atoms with Gasteiger partial charge in [0.2, 0.25) is 11.8 Å². The van der Waals surface area contributed by atoms with Gasteiger partial charge in [0.05, 0.1) is 25.5 Å². The summed E-state index contributed by atoms with van der Waals surface area (Å²) in [5, 5.41) is 12.9. The van der Waals surface area contributed by atoms with Gasteiger partial charge in [-0.05, 0) is 67.6 Å². The van der Waals surface area contributed by atoms with Crippen LogP contribution >= 0.6 is 0 Å². The Morgan fingerprint density at radius 3 is 2.35 bits per heavy atom. The van der Waals surface area contributed by atoms with Gasteiger partial charge < -0.3 is 24.8 Å². The van der Waals surface area contributed by atoms with Crippen molar-refractivity contribution in [1.29, 1.82) is 0 Å². The molecule has 1 heterocycles. The largest absolute Gasteiger partial charge is 0.488 e. The van der Waals surface area contributed by atoms with Crippen LogP contribution < -0.4 is 14.8 Å². The smallest absolute Gasteiger partial charge is 0.228 e. The predicted molar refractivity (Wildman–Crippen MR) is 180 cm³/mol. The van der Waals surface area contributed by atoms with E-state index in [-0.39, 0.29) is 49.3 Å². The standard InChI is InChI=1S/C38H43N3O5/c1-27-23-41(28(2)26-42)38(44)22-31-21-32(39-37(43)20-29-10-6-4-7-11-29)16-19-35(31)46-36(27)25-40(3)24-30-14-17-34(18-15-30)45-33-12-8-5-9-13-33/h4-19,21,27-28,36,42H,20,22-26H2,1-3H3,(H,39,43)/t27-,28+,36-/m1/s1. The highest BCUT2D eigenvalue weighted by Crippen LogP contribution is 2.30. The van der Waals surface area contributed by atoms with E-state index < -0.39 is 0 Å². The van der Waals surface area contributed by atoms with E-state index in [9.17, 15) is 14.7 Å². The number of amides is 2. The number of anilines is 1. The van der Waals surface area contributed by atoms with E-state index in [0.29, 0.717) is 36.6 Å². The Morgan fingerprint density at radius 2 is 1.65 bits per heavy atom. The average Bonchev–Trinajstić information content (AvgIpc) is 3.09. The number of aliphatic hydroxyl groups excluding tert-OH is 1. The molecule has 8 nitrogen and oxygen atoms in total. The highest BCUT2D eigenvalue weighted by Gasteiger charge is 2.31. The molecule has 1 aliphatic rings. The molecule has 0 aliphatic carbocycles. The molecule has 0 fully saturated rings. The number of fused-ring (bicyclic) bond motifs is 1. The normalized spacial score (nSPS) is 17.2. The maximum absolute atomic E-state index is 13.6. The lowest BCUT2D eigenvalue weighted by atomic mass is 10.0. The summed E-state index contributed by atoms with van der Waals surface area (Å²) >= 11 is 0. The van der Waals surface area contributed by atoms with Crippen LogP contribution in [0.5, 0.6) is 17.2 Å². The molecule has 0 bridgehead atoms. The topological polar surface area (TPSA) is 91.3 Å². The van der Waals surface area contributed by atoms with E-state index in [0.717, 1.165) is 22.6 Å². The van der Waals surface area contributed by atoms with Crippen molar-refractivity contribution in [1.82, 2.24) is 9.80 Å². The van der Waals surface area contributed by atoms with Gasteiger partial charge in [-0.1, -0.05) is 67.6 Å². The number of rotatable bonds is 11. The molecule has 0 aromatic heterocycles. The van der Waals surface area contributed by atoms with Crippen molar-refractivity contribution < 1.29 is 24.2 Å². The third kappa shape index (κ3) is 8.96. The Labute approximate surface area is 271 Å². The van der Waals surface area contributed by atoms with Gasteiger partial charge in [0.25, 0.3) is 0 Å². The molecule has 0 saturated heterocycles. The second-order valence-electron chi connectivity index (χ2n) is 12.2. The van der Waals surface area contributed by atoms with Crippen LogP contribution in [0, 0.1) is 5.92 Å². The second kappa shape index (κ2) is 15.6. The first kappa shape index (κ1) is 32.7. The SMILES string of the molecule is C[C@@H]1CN([C@@H](C)CO)C(=O)Cc2cc(NC(=O)Cc3ccccc3)ccc2O[C@@H]1CN(C)Cc1ccc(Oc2ccccc2)cc1. The predicted octanol–water partition coefficient (Wildman–Crippen LogP) is 5.94. The van der Waals surface area contributed by atoms with Crippen molar-refractivity contribution in [2.45, 2.75) is 45.4 Å². The molecule has 0 radical (unpaired) electrons. The Bertz CT molecular complexity index is 1580. The van der Waals surface area contributed by atoms with Gasteiger partial charge in [0, 0.05) is 36.8 Å². The first-order chi connectivity index (χ1) is 22.3. The zero-order valence-electron chi connectivity index (χ0n) is 26.8. The first-order valence-electron chi connectivity index (χ1n) is 15.8. The molecule has 0 spiro atoms. The number of para-hydroxylation sites is 1. The number of hydrogen-bond donors (Lipinski definition) is 2. The summed E-state index contributed by atoms with van der Waals surface area (Å²) in [5.41, 5.74) is 3.37. The Hall–Kier alpha value is -4.66. The Kier molecular flexibility index (Phi) is 11.1. The number of likely N-dealkylation sites (N-methyl/N-ethyl adjacent to an activating group) is 1. The van der Waals surface area contributed by atoms with Crippen molar-refractivity contribution in [3.63, 3.8) is 0 Å². The molecule has 1 aliphatic heterocycles. The van der Waals surface area contributed by atoms with Crippen LogP contribution in [0.4, 0.5) is 5.69 Å². The molecule has 240 valence electrons. The fourth-order valence-electron chi connectivity index (χ4n) is 5.68. The summed E-state index contributed by atoms with van der Waals surface area (Å²) in [5.74, 6) is 1.96. The maximum atomic E-state index is 13.6. The Morgan fingerprint density at radius 1 is 0.978 bits per heavy atom. The van der Waals surface area contributed by atoms with Crippen LogP contribution in [0.25, 0.3) is 0 Å². The molecule has 0 unspecified atom stereocenters. The van der Waals surface area contributed by atoms with Gasteiger partial charge in [0.1, 0.15) is 23.4 Å². The number of aliphatic hydroxyl groups is 1. The van der Waals surface area contributed by atoms with Crippen molar-refractivity contribution in [3.8, 4) is 17.2 Å². The quantitative estimate of drug-likeness (QED) is 0.215. The van der Waals surface area contributed by atoms with Crippen molar-refractivity contribution in [2.75, 3.05) is 32.1 Å².